The van der Waals surface area contributed by atoms with Crippen molar-refractivity contribution in [3.05, 3.63) is 64.7 Å². The zero-order valence-electron chi connectivity index (χ0n) is 12.7. The molecule has 0 fully saturated rings. The predicted molar refractivity (Wildman–Crippen MR) is 86.4 cm³/mol. The first-order valence-corrected chi connectivity index (χ1v) is 7.29. The molecule has 1 aliphatic heterocycles. The van der Waals surface area contributed by atoms with Crippen LogP contribution in [0.25, 0.3) is 6.08 Å². The van der Waals surface area contributed by atoms with E-state index in [-0.39, 0.29) is 11.8 Å². The molecule has 1 heterocycles. The van der Waals surface area contributed by atoms with Gasteiger partial charge in [-0.1, -0.05) is 36.4 Å². The molecule has 0 saturated heterocycles. The molecular weight excluding hydrogens is 292 g/mol. The average molecular weight is 308 g/mol. The number of benzene rings is 2. The Bertz CT molecular complexity index is 857. The highest BCUT2D eigenvalue weighted by Gasteiger charge is 2.18. The van der Waals surface area contributed by atoms with E-state index in [9.17, 15) is 9.59 Å². The maximum absolute atomic E-state index is 12.1. The number of ether oxygens (including phenoxy) is 1. The number of nitrogens with zero attached hydrogens (tertiary/aromatic N) is 1. The van der Waals surface area contributed by atoms with Crippen LogP contribution >= 0.6 is 0 Å². The van der Waals surface area contributed by atoms with Gasteiger partial charge in [0.15, 0.2) is 0 Å². The number of para-hydroxylation sites is 1. The molecule has 0 spiro atoms. The van der Waals surface area contributed by atoms with Crippen molar-refractivity contribution in [3.8, 4) is 0 Å². The van der Waals surface area contributed by atoms with E-state index >= 15 is 0 Å². The molecule has 0 saturated carbocycles. The molecule has 5 nitrogen and oxygen atoms in total. The van der Waals surface area contributed by atoms with Crippen LogP contribution in [0.3, 0.4) is 0 Å². The maximum atomic E-state index is 12.1. The molecule has 3 rings (SSSR count). The van der Waals surface area contributed by atoms with Crippen LogP contribution in [0.5, 0.6) is 0 Å². The third-order valence-corrected chi connectivity index (χ3v) is 3.71. The number of methoxy groups -OCH3 is 1. The van der Waals surface area contributed by atoms with Crippen LogP contribution in [0, 0.1) is 5.92 Å². The minimum atomic E-state index is -0.510. The molecule has 1 atom stereocenters. The zero-order chi connectivity index (χ0) is 16.2. The van der Waals surface area contributed by atoms with Crippen LogP contribution in [0.2, 0.25) is 0 Å². The Hall–Kier alpha value is -2.95. The highest BCUT2D eigenvalue weighted by Crippen LogP contribution is 2.16. The smallest absolute Gasteiger partial charge is 0.411 e. The lowest BCUT2D eigenvalue weighted by molar-refractivity contribution is -0.120. The monoisotopic (exact) mass is 308 g/mol. The Morgan fingerprint density at radius 1 is 1.17 bits per heavy atom. The summed E-state index contributed by atoms with van der Waals surface area (Å²) in [5.41, 5.74) is 1.65. The minimum Gasteiger partial charge on any atom is -0.453 e. The van der Waals surface area contributed by atoms with Crippen LogP contribution < -0.4 is 15.9 Å². The SMILES string of the molecule is COC(=O)Nc1ccc(CC2C=c3ccccc3=NC2=O)cc1. The molecule has 1 N–H and O–H groups in total. The first-order chi connectivity index (χ1) is 11.2. The van der Waals surface area contributed by atoms with E-state index < -0.39 is 6.09 Å². The normalized spacial score (nSPS) is 15.9. The molecule has 2 aromatic carbocycles. The van der Waals surface area contributed by atoms with E-state index in [4.69, 9.17) is 0 Å². The molecule has 0 aliphatic carbocycles. The summed E-state index contributed by atoms with van der Waals surface area (Å²) < 4.78 is 4.54. The van der Waals surface area contributed by atoms with E-state index in [1.165, 1.54) is 7.11 Å². The van der Waals surface area contributed by atoms with Crippen LogP contribution in [-0.2, 0) is 16.0 Å². The molecule has 5 heteroatoms. The molecule has 0 aromatic heterocycles. The lowest BCUT2D eigenvalue weighted by Crippen LogP contribution is -2.34. The predicted octanol–water partition coefficient (Wildman–Crippen LogP) is 1.66. The van der Waals surface area contributed by atoms with Gasteiger partial charge in [0.05, 0.1) is 18.4 Å². The maximum Gasteiger partial charge on any atom is 0.411 e. The molecule has 0 radical (unpaired) electrons. The molecule has 2 aromatic rings. The van der Waals surface area contributed by atoms with Crippen molar-refractivity contribution in [1.82, 2.24) is 0 Å². The number of fused-ring (bicyclic) bond motifs is 1. The van der Waals surface area contributed by atoms with Crippen molar-refractivity contribution in [2.75, 3.05) is 12.4 Å². The number of hydrogen-bond donors (Lipinski definition) is 1. The lowest BCUT2D eigenvalue weighted by atomic mass is 9.95. The van der Waals surface area contributed by atoms with Gasteiger partial charge < -0.3 is 4.74 Å². The van der Waals surface area contributed by atoms with Gasteiger partial charge in [0.1, 0.15) is 0 Å². The number of anilines is 1. The largest absolute Gasteiger partial charge is 0.453 e. The standard InChI is InChI=1S/C18H16N2O3/c1-23-18(22)19-15-8-6-12(7-9-15)10-14-11-13-4-2-3-5-16(13)20-17(14)21/h2-9,11,14H,10H2,1H3,(H,19,22). The van der Waals surface area contributed by atoms with Crippen LogP contribution in [0.1, 0.15) is 5.56 Å². The third-order valence-electron chi connectivity index (χ3n) is 3.71. The molecule has 1 aliphatic rings. The van der Waals surface area contributed by atoms with Gasteiger partial charge in [-0.2, -0.15) is 0 Å². The van der Waals surface area contributed by atoms with Gasteiger partial charge in [-0.05, 0) is 35.4 Å². The van der Waals surface area contributed by atoms with Gasteiger partial charge in [-0.25, -0.2) is 9.79 Å². The van der Waals surface area contributed by atoms with Gasteiger partial charge >= 0.3 is 6.09 Å². The summed E-state index contributed by atoms with van der Waals surface area (Å²) in [7, 11) is 1.32. The van der Waals surface area contributed by atoms with E-state index in [0.717, 1.165) is 16.1 Å². The second-order valence-electron chi connectivity index (χ2n) is 5.30. The Kier molecular flexibility index (Phi) is 4.19. The fraction of sp³-hybridized carbons (Fsp3) is 0.167. The Morgan fingerprint density at radius 2 is 1.91 bits per heavy atom. The Morgan fingerprint density at radius 3 is 2.65 bits per heavy atom. The molecule has 1 unspecified atom stereocenters. The Labute approximate surface area is 133 Å². The highest BCUT2D eigenvalue weighted by molar-refractivity contribution is 5.86. The summed E-state index contributed by atoms with van der Waals surface area (Å²) in [4.78, 5) is 27.4. The summed E-state index contributed by atoms with van der Waals surface area (Å²) >= 11 is 0. The van der Waals surface area contributed by atoms with Crippen LogP contribution in [0.4, 0.5) is 10.5 Å². The van der Waals surface area contributed by atoms with E-state index in [2.05, 4.69) is 15.0 Å². The molecular formula is C18H16N2O3. The first-order valence-electron chi connectivity index (χ1n) is 7.29. The van der Waals surface area contributed by atoms with Gasteiger partial charge in [0, 0.05) is 5.69 Å². The highest BCUT2D eigenvalue weighted by atomic mass is 16.5. The Balaban J connectivity index is 1.76. The number of carbonyl (C=O) groups excluding carboxylic acids is 2. The van der Waals surface area contributed by atoms with Crippen molar-refractivity contribution in [2.24, 2.45) is 10.9 Å². The van der Waals surface area contributed by atoms with Gasteiger partial charge in [-0.3, -0.25) is 10.1 Å². The topological polar surface area (TPSA) is 67.8 Å². The van der Waals surface area contributed by atoms with Crippen molar-refractivity contribution in [2.45, 2.75) is 6.42 Å². The van der Waals surface area contributed by atoms with Crippen LogP contribution in [0.15, 0.2) is 53.5 Å². The zero-order valence-corrected chi connectivity index (χ0v) is 12.7. The van der Waals surface area contributed by atoms with Gasteiger partial charge in [0.2, 0.25) is 0 Å². The molecule has 23 heavy (non-hydrogen) atoms. The summed E-state index contributed by atoms with van der Waals surface area (Å²) in [5.74, 6) is -0.384. The summed E-state index contributed by atoms with van der Waals surface area (Å²) in [6, 6.07) is 14.9. The summed E-state index contributed by atoms with van der Waals surface area (Å²) in [5, 5.41) is 4.31. The van der Waals surface area contributed by atoms with Crippen molar-refractivity contribution in [3.63, 3.8) is 0 Å². The number of amides is 2. The minimum absolute atomic E-state index is 0.125. The number of carbonyl (C=O) groups is 2. The summed E-state index contributed by atoms with van der Waals surface area (Å²) in [6.07, 6.45) is 2.03. The number of hydrogen-bond acceptors (Lipinski definition) is 3. The lowest BCUT2D eigenvalue weighted by Gasteiger charge is -2.12. The van der Waals surface area contributed by atoms with Gasteiger partial charge in [-0.15, -0.1) is 0 Å². The van der Waals surface area contributed by atoms with E-state index in [1.807, 2.05) is 42.5 Å². The summed E-state index contributed by atoms with van der Waals surface area (Å²) in [6.45, 7) is 0. The third kappa shape index (κ3) is 3.45. The van der Waals surface area contributed by atoms with Crippen molar-refractivity contribution < 1.29 is 14.3 Å². The van der Waals surface area contributed by atoms with Gasteiger partial charge in [0.25, 0.3) is 5.91 Å². The fourth-order valence-electron chi connectivity index (χ4n) is 2.51. The number of nitrogens with one attached hydrogen (secondary N) is 1. The van der Waals surface area contributed by atoms with E-state index in [0.29, 0.717) is 12.1 Å². The van der Waals surface area contributed by atoms with Crippen LogP contribution in [-0.4, -0.2) is 19.1 Å². The second-order valence-corrected chi connectivity index (χ2v) is 5.30. The number of rotatable bonds is 3. The molecule has 0 bridgehead atoms. The molecule has 116 valence electrons. The van der Waals surface area contributed by atoms with E-state index in [1.54, 1.807) is 12.1 Å². The van der Waals surface area contributed by atoms with Crippen molar-refractivity contribution in [1.29, 1.82) is 0 Å². The fourth-order valence-corrected chi connectivity index (χ4v) is 2.51. The van der Waals surface area contributed by atoms with Crippen molar-refractivity contribution >= 4 is 23.8 Å². The average Bonchev–Trinajstić information content (AvgIpc) is 2.57. The second kappa shape index (κ2) is 6.44. The quantitative estimate of drug-likeness (QED) is 0.938. The first kappa shape index (κ1) is 15.0. The molecule has 2 amide bonds.